The first kappa shape index (κ1) is 13.1. The van der Waals surface area contributed by atoms with Gasteiger partial charge in [0.2, 0.25) is 0 Å². The second kappa shape index (κ2) is 5.14. The zero-order valence-corrected chi connectivity index (χ0v) is 11.3. The summed E-state index contributed by atoms with van der Waals surface area (Å²) in [4.78, 5) is 4.10. The number of halogens is 2. The summed E-state index contributed by atoms with van der Waals surface area (Å²) >= 11 is 11.9. The molecular weight excluding hydrogens is 269 g/mol. The van der Waals surface area contributed by atoms with E-state index in [0.717, 1.165) is 16.7 Å². The predicted octanol–water partition coefficient (Wildman–Crippen LogP) is 3.33. The highest BCUT2D eigenvalue weighted by Gasteiger charge is 2.14. The van der Waals surface area contributed by atoms with E-state index >= 15 is 0 Å². The minimum absolute atomic E-state index is 0.395. The summed E-state index contributed by atoms with van der Waals surface area (Å²) in [5.41, 5.74) is 14.6. The van der Waals surface area contributed by atoms with Crippen LogP contribution in [0.1, 0.15) is 22.7 Å². The molecule has 0 aliphatic rings. The van der Waals surface area contributed by atoms with Gasteiger partial charge in [-0.2, -0.15) is 0 Å². The molecule has 1 aromatic heterocycles. The Morgan fingerprint density at radius 3 is 2.33 bits per heavy atom. The van der Waals surface area contributed by atoms with E-state index in [1.165, 1.54) is 0 Å². The third-order valence-corrected chi connectivity index (χ3v) is 3.10. The van der Waals surface area contributed by atoms with Crippen LogP contribution < -0.4 is 11.5 Å². The van der Waals surface area contributed by atoms with Crippen molar-refractivity contribution in [3.63, 3.8) is 0 Å². The molecule has 0 saturated carbocycles. The molecule has 0 fully saturated rings. The van der Waals surface area contributed by atoms with E-state index < -0.39 is 6.04 Å². The third kappa shape index (κ3) is 2.75. The average Bonchev–Trinajstić information content (AvgIpc) is 2.30. The maximum Gasteiger partial charge on any atom is 0.128 e. The Balaban J connectivity index is 2.47. The molecule has 1 heterocycles. The first-order chi connectivity index (χ1) is 8.47. The van der Waals surface area contributed by atoms with Crippen LogP contribution >= 0.6 is 23.2 Å². The van der Waals surface area contributed by atoms with Crippen molar-refractivity contribution in [1.82, 2.24) is 4.98 Å². The Kier molecular flexibility index (Phi) is 3.76. The highest BCUT2D eigenvalue weighted by molar-refractivity contribution is 6.34. The number of anilines is 1. The van der Waals surface area contributed by atoms with Crippen LogP contribution in [-0.2, 0) is 0 Å². The molecule has 94 valence electrons. The second-order valence-electron chi connectivity index (χ2n) is 4.17. The Hall–Kier alpha value is -1.29. The number of nitrogen functional groups attached to an aromatic ring is 1. The van der Waals surface area contributed by atoms with Gasteiger partial charge < -0.3 is 11.5 Å². The summed E-state index contributed by atoms with van der Waals surface area (Å²) < 4.78 is 0. The average molecular weight is 282 g/mol. The van der Waals surface area contributed by atoms with Crippen molar-refractivity contribution in [3.05, 3.63) is 57.2 Å². The number of aryl methyl sites for hydroxylation is 1. The van der Waals surface area contributed by atoms with Crippen LogP contribution in [-0.4, -0.2) is 4.98 Å². The molecule has 2 aromatic rings. The quantitative estimate of drug-likeness (QED) is 0.888. The van der Waals surface area contributed by atoms with E-state index in [9.17, 15) is 0 Å². The molecule has 18 heavy (non-hydrogen) atoms. The molecule has 4 N–H and O–H groups in total. The number of hydrogen-bond donors (Lipinski definition) is 2. The van der Waals surface area contributed by atoms with E-state index in [2.05, 4.69) is 4.98 Å². The summed E-state index contributed by atoms with van der Waals surface area (Å²) in [7, 11) is 0. The molecular formula is C13H13Cl2N3. The lowest BCUT2D eigenvalue weighted by Gasteiger charge is -2.15. The number of pyridine rings is 1. The molecule has 0 aliphatic carbocycles. The van der Waals surface area contributed by atoms with Gasteiger partial charge in [0.1, 0.15) is 5.82 Å². The number of nitrogens with two attached hydrogens (primary N) is 2. The van der Waals surface area contributed by atoms with Crippen molar-refractivity contribution in [3.8, 4) is 0 Å². The maximum absolute atomic E-state index is 6.19. The summed E-state index contributed by atoms with van der Waals surface area (Å²) in [5.74, 6) is 0.421. The van der Waals surface area contributed by atoms with Gasteiger partial charge in [-0.3, -0.25) is 0 Å². The number of hydrogen-bond acceptors (Lipinski definition) is 3. The maximum atomic E-state index is 6.19. The molecule has 0 amide bonds. The molecule has 5 heteroatoms. The summed E-state index contributed by atoms with van der Waals surface area (Å²) in [6, 6.07) is 6.74. The van der Waals surface area contributed by atoms with Crippen LogP contribution in [0.2, 0.25) is 10.0 Å². The number of nitrogens with zero attached hydrogens (tertiary/aromatic N) is 1. The van der Waals surface area contributed by atoms with Crippen molar-refractivity contribution in [2.24, 2.45) is 5.73 Å². The van der Waals surface area contributed by atoms with Crippen molar-refractivity contribution in [2.45, 2.75) is 13.0 Å². The van der Waals surface area contributed by atoms with Gasteiger partial charge in [-0.25, -0.2) is 4.98 Å². The number of rotatable bonds is 2. The van der Waals surface area contributed by atoms with Gasteiger partial charge in [0.25, 0.3) is 0 Å². The summed E-state index contributed by atoms with van der Waals surface area (Å²) in [6.45, 7) is 1.94. The van der Waals surface area contributed by atoms with Gasteiger partial charge >= 0.3 is 0 Å². The van der Waals surface area contributed by atoms with E-state index in [-0.39, 0.29) is 0 Å². The zero-order chi connectivity index (χ0) is 13.3. The number of benzene rings is 1. The van der Waals surface area contributed by atoms with Gasteiger partial charge in [-0.1, -0.05) is 23.2 Å². The van der Waals surface area contributed by atoms with Crippen LogP contribution in [0.4, 0.5) is 5.82 Å². The van der Waals surface area contributed by atoms with Crippen molar-refractivity contribution >= 4 is 29.0 Å². The zero-order valence-electron chi connectivity index (χ0n) is 9.82. The van der Waals surface area contributed by atoms with Crippen LogP contribution in [0.25, 0.3) is 0 Å². The fourth-order valence-corrected chi connectivity index (χ4v) is 2.33. The first-order valence-corrected chi connectivity index (χ1v) is 6.16. The van der Waals surface area contributed by atoms with Crippen molar-refractivity contribution in [1.29, 1.82) is 0 Å². The summed E-state index contributed by atoms with van der Waals surface area (Å²) in [5, 5.41) is 1.10. The lowest BCUT2D eigenvalue weighted by molar-refractivity contribution is 0.865. The SMILES string of the molecule is Cc1cnc(N)c(C(N)c2cc(Cl)cc(Cl)c2)c1. The predicted molar refractivity (Wildman–Crippen MR) is 75.9 cm³/mol. The lowest BCUT2D eigenvalue weighted by Crippen LogP contribution is -2.15. The molecule has 0 aliphatic heterocycles. The Morgan fingerprint density at radius 1 is 1.11 bits per heavy atom. The van der Waals surface area contributed by atoms with Crippen LogP contribution in [0.15, 0.2) is 30.5 Å². The standard InChI is InChI=1S/C13H13Cl2N3/c1-7-2-11(13(17)18-6-7)12(16)8-3-9(14)5-10(15)4-8/h2-6,12H,16H2,1H3,(H2,17,18). The highest BCUT2D eigenvalue weighted by atomic mass is 35.5. The largest absolute Gasteiger partial charge is 0.383 e. The van der Waals surface area contributed by atoms with Crippen LogP contribution in [0.3, 0.4) is 0 Å². The topological polar surface area (TPSA) is 64.9 Å². The van der Waals surface area contributed by atoms with Crippen molar-refractivity contribution < 1.29 is 0 Å². The second-order valence-corrected chi connectivity index (χ2v) is 5.04. The molecule has 0 spiro atoms. The fraction of sp³-hybridized carbons (Fsp3) is 0.154. The van der Waals surface area contributed by atoms with Crippen LogP contribution in [0.5, 0.6) is 0 Å². The summed E-state index contributed by atoms with van der Waals surface area (Å²) in [6.07, 6.45) is 1.70. The molecule has 1 atom stereocenters. The smallest absolute Gasteiger partial charge is 0.128 e. The lowest BCUT2D eigenvalue weighted by atomic mass is 9.99. The highest BCUT2D eigenvalue weighted by Crippen LogP contribution is 2.28. The minimum atomic E-state index is -0.395. The Bertz CT molecular complexity index is 564. The normalized spacial score (nSPS) is 12.4. The molecule has 1 aromatic carbocycles. The van der Waals surface area contributed by atoms with Gasteiger partial charge in [-0.05, 0) is 42.3 Å². The van der Waals surface area contributed by atoms with E-state index in [1.807, 2.05) is 13.0 Å². The fourth-order valence-electron chi connectivity index (χ4n) is 1.79. The monoisotopic (exact) mass is 281 g/mol. The molecule has 3 nitrogen and oxygen atoms in total. The van der Waals surface area contributed by atoms with E-state index in [4.69, 9.17) is 34.7 Å². The van der Waals surface area contributed by atoms with Gasteiger partial charge in [0.15, 0.2) is 0 Å². The Labute approximate surface area is 116 Å². The van der Waals surface area contributed by atoms with E-state index in [1.54, 1.807) is 24.4 Å². The first-order valence-electron chi connectivity index (χ1n) is 5.41. The molecule has 0 radical (unpaired) electrons. The van der Waals surface area contributed by atoms with Gasteiger partial charge in [0.05, 0.1) is 6.04 Å². The third-order valence-electron chi connectivity index (χ3n) is 2.67. The van der Waals surface area contributed by atoms with Crippen LogP contribution in [0, 0.1) is 6.92 Å². The molecule has 2 rings (SSSR count). The van der Waals surface area contributed by atoms with Crippen molar-refractivity contribution in [2.75, 3.05) is 5.73 Å². The Morgan fingerprint density at radius 2 is 1.72 bits per heavy atom. The molecule has 0 saturated heterocycles. The minimum Gasteiger partial charge on any atom is -0.383 e. The molecule has 1 unspecified atom stereocenters. The molecule has 0 bridgehead atoms. The van der Waals surface area contributed by atoms with E-state index in [0.29, 0.717) is 15.9 Å². The van der Waals surface area contributed by atoms with Gasteiger partial charge in [-0.15, -0.1) is 0 Å². The number of aromatic nitrogens is 1. The van der Waals surface area contributed by atoms with Gasteiger partial charge in [0, 0.05) is 21.8 Å².